The molecule has 5 heteroatoms. The van der Waals surface area contributed by atoms with Gasteiger partial charge in [-0.05, 0) is 105 Å². The number of para-hydroxylation sites is 2. The van der Waals surface area contributed by atoms with Crippen molar-refractivity contribution >= 4 is 92.9 Å². The number of fused-ring (bicyclic) bond motifs is 15. The summed E-state index contributed by atoms with van der Waals surface area (Å²) in [5.41, 5.74) is 15.5. The molecule has 4 heterocycles. The second-order valence-electron chi connectivity index (χ2n) is 19.0. The van der Waals surface area contributed by atoms with Crippen LogP contribution in [0.3, 0.4) is 0 Å². The van der Waals surface area contributed by atoms with Crippen molar-refractivity contribution in [3.8, 4) is 16.8 Å². The SMILES string of the molecule is C[C@H]1C(c2ccc3c(c2)oc2ccccc23)=NC(c2cc3oc4c5ccccc5ccc4c3cc2-n2c3ccccc3c3cc4ccccc4cc32)NC1CC1c2ccccc2-c2ccccc21. The van der Waals surface area contributed by atoms with Gasteiger partial charge < -0.3 is 13.4 Å². The third-order valence-corrected chi connectivity index (χ3v) is 15.4. The quantitative estimate of drug-likeness (QED) is 0.187. The molecule has 1 N–H and O–H groups in total. The van der Waals surface area contributed by atoms with Crippen molar-refractivity contribution in [2.45, 2.75) is 31.5 Å². The van der Waals surface area contributed by atoms with Crippen molar-refractivity contribution in [1.29, 1.82) is 0 Å². The van der Waals surface area contributed by atoms with E-state index in [0.29, 0.717) is 0 Å². The first kappa shape index (κ1) is 37.9. The second kappa shape index (κ2) is 14.4. The van der Waals surface area contributed by atoms with Gasteiger partial charge in [0.1, 0.15) is 28.5 Å². The van der Waals surface area contributed by atoms with Gasteiger partial charge in [-0.3, -0.25) is 10.3 Å². The summed E-state index contributed by atoms with van der Waals surface area (Å²) in [6, 6.07) is 72.9. The molecule has 2 unspecified atom stereocenters. The first-order chi connectivity index (χ1) is 33.6. The van der Waals surface area contributed by atoms with Gasteiger partial charge in [-0.15, -0.1) is 0 Å². The highest BCUT2D eigenvalue weighted by Gasteiger charge is 2.38. The van der Waals surface area contributed by atoms with Crippen LogP contribution >= 0.6 is 0 Å². The first-order valence-electron chi connectivity index (χ1n) is 23.9. The molecule has 10 aromatic carbocycles. The van der Waals surface area contributed by atoms with Crippen molar-refractivity contribution in [1.82, 2.24) is 9.88 Å². The van der Waals surface area contributed by atoms with E-state index >= 15 is 0 Å². The Kier molecular flexibility index (Phi) is 8.02. The summed E-state index contributed by atoms with van der Waals surface area (Å²) in [6.07, 6.45) is 0.471. The Morgan fingerprint density at radius 2 is 1.12 bits per heavy atom. The summed E-state index contributed by atoms with van der Waals surface area (Å²) in [5.74, 6) is 0.286. The predicted octanol–water partition coefficient (Wildman–Crippen LogP) is 16.2. The van der Waals surface area contributed by atoms with Crippen LogP contribution in [0.25, 0.3) is 104 Å². The van der Waals surface area contributed by atoms with Crippen LogP contribution < -0.4 is 5.32 Å². The molecule has 322 valence electrons. The van der Waals surface area contributed by atoms with Gasteiger partial charge in [0.2, 0.25) is 0 Å². The zero-order valence-electron chi connectivity index (χ0n) is 37.3. The van der Waals surface area contributed by atoms with Gasteiger partial charge in [0, 0.05) is 66.9 Å². The van der Waals surface area contributed by atoms with Gasteiger partial charge in [0.25, 0.3) is 0 Å². The molecule has 1 aliphatic carbocycles. The zero-order chi connectivity index (χ0) is 44.6. The van der Waals surface area contributed by atoms with Crippen LogP contribution in [0.15, 0.2) is 214 Å². The summed E-state index contributed by atoms with van der Waals surface area (Å²) in [6.45, 7) is 2.36. The third-order valence-electron chi connectivity index (χ3n) is 15.4. The van der Waals surface area contributed by atoms with Crippen LogP contribution in [0.1, 0.15) is 47.7 Å². The minimum absolute atomic E-state index is 0.0494. The maximum Gasteiger partial charge on any atom is 0.143 e. The molecule has 3 aromatic heterocycles. The van der Waals surface area contributed by atoms with Crippen molar-refractivity contribution in [3.63, 3.8) is 0 Å². The number of hydrogen-bond donors (Lipinski definition) is 1. The van der Waals surface area contributed by atoms with Gasteiger partial charge in [0.15, 0.2) is 0 Å². The standard InChI is InChI=1S/C63H43N3O2/c1-36-54(33-50-44-20-8-6-18-42(44)43-19-7-9-21-45(43)50)64-63(65-61(36)40-27-28-48-47-23-11-13-25-58(47)67-59(48)32-40)53-35-60-52(49-29-26-37-14-4-5-17-41(37)62(49)68-60)34-57(53)66-55-24-12-10-22-46(55)51-30-38-15-2-3-16-39(38)31-56(51)66/h2-32,34-36,50,54,63-64H,33H2,1H3/t36-,54?,63?/m1/s1. The number of hydrogen-bond acceptors (Lipinski definition) is 4. The Hall–Kier alpha value is -8.25. The Labute approximate surface area is 391 Å². The van der Waals surface area contributed by atoms with E-state index < -0.39 is 6.17 Å². The molecule has 0 spiro atoms. The molecular formula is C63H43N3O2. The average Bonchev–Trinajstić information content (AvgIpc) is 4.13. The highest BCUT2D eigenvalue weighted by Crippen LogP contribution is 2.49. The number of nitrogens with one attached hydrogen (secondary N) is 1. The van der Waals surface area contributed by atoms with Crippen LogP contribution in [-0.2, 0) is 0 Å². The normalized spacial score (nSPS) is 17.4. The van der Waals surface area contributed by atoms with E-state index in [4.69, 9.17) is 13.8 Å². The van der Waals surface area contributed by atoms with Gasteiger partial charge in [-0.1, -0.05) is 153 Å². The lowest BCUT2D eigenvalue weighted by atomic mass is 9.81. The number of furan rings is 2. The summed E-state index contributed by atoms with van der Waals surface area (Å²) in [5, 5.41) is 15.8. The average molecular weight is 874 g/mol. The number of rotatable bonds is 5. The van der Waals surface area contributed by atoms with Crippen LogP contribution in [0, 0.1) is 5.92 Å². The smallest absolute Gasteiger partial charge is 0.143 e. The summed E-state index contributed by atoms with van der Waals surface area (Å²) >= 11 is 0. The van der Waals surface area contributed by atoms with Crippen LogP contribution in [0.2, 0.25) is 0 Å². The molecule has 0 saturated carbocycles. The minimum Gasteiger partial charge on any atom is -0.456 e. The monoisotopic (exact) mass is 873 g/mol. The van der Waals surface area contributed by atoms with E-state index in [1.54, 1.807) is 0 Å². The summed E-state index contributed by atoms with van der Waals surface area (Å²) < 4.78 is 16.1. The summed E-state index contributed by atoms with van der Waals surface area (Å²) in [4.78, 5) is 5.88. The minimum atomic E-state index is -0.425. The van der Waals surface area contributed by atoms with Gasteiger partial charge in [-0.25, -0.2) is 0 Å². The van der Waals surface area contributed by atoms with Gasteiger partial charge in [0.05, 0.1) is 16.7 Å². The van der Waals surface area contributed by atoms with Crippen molar-refractivity contribution in [2.75, 3.05) is 0 Å². The fourth-order valence-corrected chi connectivity index (χ4v) is 12.1. The fourth-order valence-electron chi connectivity index (χ4n) is 12.1. The number of nitrogens with zero attached hydrogens (tertiary/aromatic N) is 2. The Morgan fingerprint density at radius 3 is 1.94 bits per heavy atom. The van der Waals surface area contributed by atoms with E-state index in [1.807, 2.05) is 6.07 Å². The molecule has 0 radical (unpaired) electrons. The Bertz CT molecular complexity index is 4230. The van der Waals surface area contributed by atoms with Crippen molar-refractivity contribution in [2.24, 2.45) is 10.9 Å². The van der Waals surface area contributed by atoms with Crippen LogP contribution in [0.4, 0.5) is 0 Å². The molecule has 15 rings (SSSR count). The van der Waals surface area contributed by atoms with Crippen LogP contribution in [-0.4, -0.2) is 16.3 Å². The predicted molar refractivity (Wildman–Crippen MR) is 280 cm³/mol. The van der Waals surface area contributed by atoms with Crippen molar-refractivity contribution in [3.05, 3.63) is 222 Å². The molecule has 2 aliphatic rings. The molecule has 3 atom stereocenters. The third kappa shape index (κ3) is 5.51. The summed E-state index contributed by atoms with van der Waals surface area (Å²) in [7, 11) is 0. The fraction of sp³-hybridized carbons (Fsp3) is 0.0952. The van der Waals surface area contributed by atoms with E-state index in [2.05, 4.69) is 211 Å². The van der Waals surface area contributed by atoms with E-state index in [-0.39, 0.29) is 17.9 Å². The molecule has 5 nitrogen and oxygen atoms in total. The molecule has 13 aromatic rings. The molecular weight excluding hydrogens is 831 g/mol. The van der Waals surface area contributed by atoms with E-state index in [9.17, 15) is 0 Å². The van der Waals surface area contributed by atoms with Gasteiger partial charge >= 0.3 is 0 Å². The number of aliphatic imine (C=N–C) groups is 1. The zero-order valence-corrected chi connectivity index (χ0v) is 37.3. The largest absolute Gasteiger partial charge is 0.456 e. The molecule has 68 heavy (non-hydrogen) atoms. The van der Waals surface area contributed by atoms with Crippen molar-refractivity contribution < 1.29 is 8.83 Å². The topological polar surface area (TPSA) is 55.6 Å². The molecule has 0 saturated heterocycles. The first-order valence-corrected chi connectivity index (χ1v) is 23.9. The van der Waals surface area contributed by atoms with Crippen LogP contribution in [0.5, 0.6) is 0 Å². The molecule has 0 fully saturated rings. The number of aromatic nitrogens is 1. The lowest BCUT2D eigenvalue weighted by molar-refractivity contribution is 0.343. The Balaban J connectivity index is 0.994. The number of benzene rings is 10. The lowest BCUT2D eigenvalue weighted by Crippen LogP contribution is -2.46. The molecule has 1 aliphatic heterocycles. The highest BCUT2D eigenvalue weighted by molar-refractivity contribution is 6.17. The lowest BCUT2D eigenvalue weighted by Gasteiger charge is -2.37. The second-order valence-corrected chi connectivity index (χ2v) is 19.0. The Morgan fingerprint density at radius 1 is 0.471 bits per heavy atom. The maximum absolute atomic E-state index is 7.03. The molecule has 0 amide bonds. The van der Waals surface area contributed by atoms with E-state index in [0.717, 1.165) is 94.6 Å². The molecule has 0 bridgehead atoms. The van der Waals surface area contributed by atoms with Gasteiger partial charge in [-0.2, -0.15) is 0 Å². The maximum atomic E-state index is 7.03. The van der Waals surface area contributed by atoms with E-state index in [1.165, 1.54) is 43.8 Å². The highest BCUT2D eigenvalue weighted by atomic mass is 16.3.